The number of aromatic nitrogens is 1. The molecule has 0 saturated carbocycles. The molecule has 0 spiro atoms. The zero-order valence-electron chi connectivity index (χ0n) is 12.5. The first kappa shape index (κ1) is 15.9. The van der Waals surface area contributed by atoms with Crippen molar-refractivity contribution in [2.75, 3.05) is 12.4 Å². The number of ether oxygens (including phenoxy) is 2. The molecular weight excluding hydrogens is 334 g/mol. The van der Waals surface area contributed by atoms with Crippen molar-refractivity contribution in [2.24, 2.45) is 5.73 Å². The van der Waals surface area contributed by atoms with E-state index in [1.807, 2.05) is 0 Å². The smallest absolute Gasteiger partial charge is 0.272 e. The quantitative estimate of drug-likeness (QED) is 0.792. The normalized spacial score (nSPS) is 15.2. The molecule has 1 aliphatic rings. The van der Waals surface area contributed by atoms with Crippen LogP contribution < -0.4 is 31.0 Å². The molecule has 1 aromatic heterocycles. The molecule has 3 N–H and O–H groups in total. The van der Waals surface area contributed by atoms with E-state index in [0.717, 1.165) is 0 Å². The summed E-state index contributed by atoms with van der Waals surface area (Å²) in [6.07, 6.45) is 0.315. The fourth-order valence-electron chi connectivity index (χ4n) is 2.38. The van der Waals surface area contributed by atoms with Gasteiger partial charge < -0.3 is 20.5 Å². The van der Waals surface area contributed by atoms with Crippen molar-refractivity contribution in [3.63, 3.8) is 0 Å². The Morgan fingerprint density at radius 3 is 2.83 bits per heavy atom. The molecule has 1 atom stereocenters. The van der Waals surface area contributed by atoms with Gasteiger partial charge in [0.2, 0.25) is 6.10 Å². The summed E-state index contributed by atoms with van der Waals surface area (Å²) in [7, 11) is 1.42. The maximum atomic E-state index is 12.4. The van der Waals surface area contributed by atoms with E-state index in [-0.39, 0.29) is 10.9 Å². The SMILES string of the molecule is COc1ccc2c(c1=C=O)=C(N)C(C(=O)Nc1ccc(Cl)cn1)O2. The van der Waals surface area contributed by atoms with E-state index >= 15 is 0 Å². The summed E-state index contributed by atoms with van der Waals surface area (Å²) < 4.78 is 10.7. The molecule has 8 heteroatoms. The average molecular weight is 346 g/mol. The van der Waals surface area contributed by atoms with Crippen LogP contribution in [0, 0.1) is 0 Å². The second-order valence-corrected chi connectivity index (χ2v) is 5.36. The van der Waals surface area contributed by atoms with E-state index in [1.165, 1.54) is 13.3 Å². The van der Waals surface area contributed by atoms with Crippen molar-refractivity contribution in [3.05, 3.63) is 45.9 Å². The van der Waals surface area contributed by atoms with Crippen LogP contribution in [-0.2, 0) is 9.59 Å². The molecule has 2 aromatic rings. The molecule has 1 aromatic carbocycles. The predicted molar refractivity (Wildman–Crippen MR) is 86.9 cm³/mol. The molecule has 3 rings (SSSR count). The third-order valence-electron chi connectivity index (χ3n) is 3.48. The van der Waals surface area contributed by atoms with Crippen LogP contribution in [0.4, 0.5) is 5.82 Å². The molecule has 1 unspecified atom stereocenters. The molecule has 1 aliphatic heterocycles. The number of pyridine rings is 1. The number of halogens is 1. The molecule has 0 radical (unpaired) electrons. The first-order chi connectivity index (χ1) is 11.5. The van der Waals surface area contributed by atoms with Gasteiger partial charge in [0.05, 0.1) is 23.0 Å². The number of carbonyl (C=O) groups is 1. The Balaban J connectivity index is 1.97. The summed E-state index contributed by atoms with van der Waals surface area (Å²) in [4.78, 5) is 27.6. The number of anilines is 1. The van der Waals surface area contributed by atoms with E-state index in [4.69, 9.17) is 26.8 Å². The standard InChI is InChI=1S/C16H12ClN3O4/c1-23-10-3-4-11-13(9(10)7-21)14(18)15(24-11)16(22)20-12-5-2-8(17)6-19-12/h2-6,15H,18H2,1H3,(H,19,20,22). The first-order valence-electron chi connectivity index (χ1n) is 6.86. The van der Waals surface area contributed by atoms with Gasteiger partial charge in [0, 0.05) is 6.20 Å². The summed E-state index contributed by atoms with van der Waals surface area (Å²) in [6, 6.07) is 6.26. The molecule has 0 saturated heterocycles. The number of nitrogens with one attached hydrogen (secondary N) is 1. The van der Waals surface area contributed by atoms with Crippen LogP contribution in [-0.4, -0.2) is 30.0 Å². The zero-order chi connectivity index (χ0) is 17.3. The van der Waals surface area contributed by atoms with Crippen LogP contribution in [0.25, 0.3) is 5.70 Å². The van der Waals surface area contributed by atoms with Crippen molar-refractivity contribution in [3.8, 4) is 11.5 Å². The molecular formula is C16H12ClN3O4. The summed E-state index contributed by atoms with van der Waals surface area (Å²) in [5, 5.41) is 3.46. The molecule has 0 bridgehead atoms. The molecule has 0 fully saturated rings. The number of fused-ring (bicyclic) bond motifs is 1. The molecule has 0 aliphatic carbocycles. The Kier molecular flexibility index (Phi) is 4.12. The maximum Gasteiger partial charge on any atom is 0.272 e. The lowest BCUT2D eigenvalue weighted by molar-refractivity contribution is -0.120. The first-order valence-corrected chi connectivity index (χ1v) is 7.24. The van der Waals surface area contributed by atoms with E-state index in [1.54, 1.807) is 30.2 Å². The third-order valence-corrected chi connectivity index (χ3v) is 3.71. The number of nitrogens with two attached hydrogens (primary N) is 1. The molecule has 122 valence electrons. The Hall–Kier alpha value is -3.02. The number of amides is 1. The monoisotopic (exact) mass is 345 g/mol. The van der Waals surface area contributed by atoms with Gasteiger partial charge in [-0.2, -0.15) is 0 Å². The summed E-state index contributed by atoms with van der Waals surface area (Å²) in [5.74, 6) is 2.18. The average Bonchev–Trinajstić information content (AvgIpc) is 2.93. The van der Waals surface area contributed by atoms with E-state index in [2.05, 4.69) is 10.3 Å². The van der Waals surface area contributed by atoms with Gasteiger partial charge in [0.1, 0.15) is 28.5 Å². The zero-order valence-corrected chi connectivity index (χ0v) is 13.3. The Morgan fingerprint density at radius 1 is 1.42 bits per heavy atom. The van der Waals surface area contributed by atoms with Crippen molar-refractivity contribution >= 4 is 35.0 Å². The second-order valence-electron chi connectivity index (χ2n) is 4.92. The topological polar surface area (TPSA) is 104 Å². The molecule has 7 nitrogen and oxygen atoms in total. The van der Waals surface area contributed by atoms with Crippen LogP contribution >= 0.6 is 11.6 Å². The minimum absolute atomic E-state index is 0.105. The highest BCUT2D eigenvalue weighted by Crippen LogP contribution is 2.19. The van der Waals surface area contributed by atoms with Crippen LogP contribution in [0.3, 0.4) is 0 Å². The van der Waals surface area contributed by atoms with E-state index in [9.17, 15) is 9.59 Å². The minimum Gasteiger partial charge on any atom is -0.495 e. The van der Waals surface area contributed by atoms with Crippen molar-refractivity contribution in [2.45, 2.75) is 6.10 Å². The highest BCUT2D eigenvalue weighted by Gasteiger charge is 2.31. The molecule has 2 heterocycles. The number of nitrogens with zero attached hydrogens (tertiary/aromatic N) is 1. The summed E-state index contributed by atoms with van der Waals surface area (Å²) >= 11 is 5.75. The maximum absolute atomic E-state index is 12.4. The number of rotatable bonds is 3. The van der Waals surface area contributed by atoms with Crippen LogP contribution in [0.5, 0.6) is 11.5 Å². The minimum atomic E-state index is -1.09. The van der Waals surface area contributed by atoms with Gasteiger partial charge in [-0.1, -0.05) is 11.6 Å². The highest BCUT2D eigenvalue weighted by molar-refractivity contribution is 6.30. The van der Waals surface area contributed by atoms with E-state index < -0.39 is 12.0 Å². The van der Waals surface area contributed by atoms with Gasteiger partial charge in [0.25, 0.3) is 5.91 Å². The lowest BCUT2D eigenvalue weighted by atomic mass is 10.1. The number of benzene rings is 1. The van der Waals surface area contributed by atoms with Crippen LogP contribution in [0.15, 0.2) is 30.5 Å². The second kappa shape index (κ2) is 6.23. The number of carbonyl (C=O) groups excluding carboxylic acids is 2. The molecule has 1 amide bonds. The largest absolute Gasteiger partial charge is 0.495 e. The van der Waals surface area contributed by atoms with Gasteiger partial charge in [-0.15, -0.1) is 0 Å². The van der Waals surface area contributed by atoms with Gasteiger partial charge in [-0.05, 0) is 24.3 Å². The predicted octanol–water partition coefficient (Wildman–Crippen LogP) is -0.287. The molecule has 24 heavy (non-hydrogen) atoms. The lowest BCUT2D eigenvalue weighted by Crippen LogP contribution is -2.37. The van der Waals surface area contributed by atoms with Gasteiger partial charge in [-0.25, -0.2) is 9.78 Å². The van der Waals surface area contributed by atoms with Gasteiger partial charge in [-0.3, -0.25) is 4.79 Å². The van der Waals surface area contributed by atoms with Crippen LogP contribution in [0.1, 0.15) is 0 Å². The van der Waals surface area contributed by atoms with Crippen molar-refractivity contribution < 1.29 is 19.1 Å². The fraction of sp³-hybridized carbons (Fsp3) is 0.125. The highest BCUT2D eigenvalue weighted by atomic mass is 35.5. The van der Waals surface area contributed by atoms with Gasteiger partial charge >= 0.3 is 0 Å². The Morgan fingerprint density at radius 2 is 2.21 bits per heavy atom. The van der Waals surface area contributed by atoms with E-state index in [0.29, 0.717) is 27.6 Å². The summed E-state index contributed by atoms with van der Waals surface area (Å²) in [6.45, 7) is 0. The lowest BCUT2D eigenvalue weighted by Gasteiger charge is -2.12. The Labute approximate surface area is 141 Å². The Bertz CT molecular complexity index is 953. The number of hydrogen-bond acceptors (Lipinski definition) is 6. The van der Waals surface area contributed by atoms with Crippen LogP contribution in [0.2, 0.25) is 5.02 Å². The third kappa shape index (κ3) is 2.67. The van der Waals surface area contributed by atoms with Gasteiger partial charge in [0.15, 0.2) is 0 Å². The number of hydrogen-bond donors (Lipinski definition) is 2. The van der Waals surface area contributed by atoms with Crippen molar-refractivity contribution in [1.29, 1.82) is 0 Å². The fourth-order valence-corrected chi connectivity index (χ4v) is 2.49. The van der Waals surface area contributed by atoms with Crippen molar-refractivity contribution in [1.82, 2.24) is 4.98 Å². The number of methoxy groups -OCH3 is 1. The summed E-state index contributed by atoms with van der Waals surface area (Å²) in [5.41, 5.74) is 6.13.